The number of carboxylic acids is 1. The van der Waals surface area contributed by atoms with E-state index in [0.29, 0.717) is 25.0 Å². The van der Waals surface area contributed by atoms with Gasteiger partial charge >= 0.3 is 23.9 Å². The van der Waals surface area contributed by atoms with E-state index in [2.05, 4.69) is 41.3 Å². The molecular weight excluding hydrogens is 1080 g/mol. The Morgan fingerprint density at radius 1 is 0.550 bits per heavy atom. The molecule has 15 heteroatoms. The van der Waals surface area contributed by atoms with Crippen molar-refractivity contribution in [3.8, 4) is 0 Å². The zero-order valence-corrected chi connectivity index (χ0v) is 53.6. The fraction of sp³-hybridized carbons (Fsp3) is 0.815. The number of benzene rings is 1. The Labute approximate surface area is 502 Å². The van der Waals surface area contributed by atoms with Crippen molar-refractivity contribution in [3.05, 3.63) is 23.2 Å². The summed E-state index contributed by atoms with van der Waals surface area (Å²) >= 11 is 3.04. The topological polar surface area (TPSA) is 153 Å². The van der Waals surface area contributed by atoms with E-state index in [1.54, 1.807) is 11.3 Å². The maximum absolute atomic E-state index is 12.9. The number of carbonyl (C=O) groups is 4. The van der Waals surface area contributed by atoms with Gasteiger partial charge in [-0.05, 0) is 50.3 Å². The van der Waals surface area contributed by atoms with E-state index in [4.69, 9.17) is 14.2 Å². The predicted molar refractivity (Wildman–Crippen MR) is 345 cm³/mol. The average Bonchev–Trinajstić information content (AvgIpc) is 4.20. The molecule has 80 heavy (non-hydrogen) atoms. The van der Waals surface area contributed by atoms with Gasteiger partial charge in [0.2, 0.25) is 0 Å². The number of aliphatic imine (C=N–C) groups is 1. The van der Waals surface area contributed by atoms with Crippen LogP contribution >= 0.6 is 44.7 Å². The molecule has 11 nitrogen and oxygen atoms in total. The highest BCUT2D eigenvalue weighted by atomic mass is 33.1. The number of thioether (sulfide) groups is 1. The number of unbranched alkanes of at least 4 members (excludes halogenated alkanes) is 36. The smallest absolute Gasteiger partial charge is 0.329 e. The number of aliphatic carboxylic acids is 1. The lowest BCUT2D eigenvalue weighted by Gasteiger charge is -2.18. The van der Waals surface area contributed by atoms with Gasteiger partial charge in [0, 0.05) is 48.8 Å². The van der Waals surface area contributed by atoms with Gasteiger partial charge in [-0.25, -0.2) is 9.78 Å². The van der Waals surface area contributed by atoms with Crippen molar-refractivity contribution in [1.29, 1.82) is 0 Å². The minimum absolute atomic E-state index is 0.0777. The number of hydrogen-bond acceptors (Lipinski definition) is 14. The van der Waals surface area contributed by atoms with Gasteiger partial charge in [-0.1, -0.05) is 260 Å². The lowest BCUT2D eigenvalue weighted by molar-refractivity contribution is -0.167. The molecule has 3 rings (SSSR count). The van der Waals surface area contributed by atoms with Gasteiger partial charge in [-0.2, -0.15) is 0 Å². The van der Waals surface area contributed by atoms with Gasteiger partial charge < -0.3 is 24.6 Å². The Morgan fingerprint density at radius 2 is 0.950 bits per heavy atom. The number of nitrogens with zero attached hydrogens (tertiary/aromatic N) is 2. The standard InChI is InChI=1S/C65H111N3O8S4/c1-3-5-7-9-11-13-15-18-22-26-30-34-38-43-60(69)74-52-56(76-62(71)45-40-36-32-28-24-19-16-14-12-10-8-6-4-2)53-75-61(70)44-39-35-31-27-23-20-17-21-25-29-33-37-41-49-78-79-50-42-48-66-55-46-47-57-59(51-55)80-64(67-57)63-68-58(54-77-63)65(72)73/h46-47,51,56,58,66H,3-45,48-50,52-54H2,1-2H3,(H,72,73)/t56?,58-/m1/s1. The normalized spacial score (nSPS) is 13.7. The van der Waals surface area contributed by atoms with Gasteiger partial charge in [0.25, 0.3) is 0 Å². The number of ether oxygens (including phenoxy) is 3. The first-order valence-electron chi connectivity index (χ1n) is 32.6. The first kappa shape index (κ1) is 71.8. The molecule has 0 radical (unpaired) electrons. The summed E-state index contributed by atoms with van der Waals surface area (Å²) in [4.78, 5) is 58.6. The number of fused-ring (bicyclic) bond motifs is 1. The maximum atomic E-state index is 12.9. The molecule has 458 valence electrons. The molecule has 2 aromatic rings. The Kier molecular flexibility index (Phi) is 45.7. The van der Waals surface area contributed by atoms with E-state index in [-0.39, 0.29) is 31.1 Å². The average molecular weight is 1190 g/mol. The molecule has 0 saturated carbocycles. The fourth-order valence-corrected chi connectivity index (χ4v) is 14.4. The molecule has 2 N–H and O–H groups in total. The molecule has 0 amide bonds. The van der Waals surface area contributed by atoms with Crippen LogP contribution in [0.15, 0.2) is 23.2 Å². The molecule has 0 saturated heterocycles. The van der Waals surface area contributed by atoms with E-state index in [1.165, 1.54) is 210 Å². The van der Waals surface area contributed by atoms with Gasteiger partial charge in [0.15, 0.2) is 12.1 Å². The fourth-order valence-electron chi connectivity index (χ4n) is 10.1. The van der Waals surface area contributed by atoms with Crippen molar-refractivity contribution in [2.24, 2.45) is 4.99 Å². The molecule has 1 aromatic heterocycles. The van der Waals surface area contributed by atoms with Gasteiger partial charge in [-0.3, -0.25) is 19.4 Å². The molecule has 2 atom stereocenters. The zero-order valence-electron chi connectivity index (χ0n) is 50.4. The Bertz CT molecular complexity index is 1900. The number of carboxylic acid groups (broad SMARTS) is 1. The van der Waals surface area contributed by atoms with Crippen molar-refractivity contribution in [2.45, 2.75) is 302 Å². The molecular formula is C65H111N3O8S4. The SMILES string of the molecule is CCCCCCCCCCCCCCCC(=O)OCC(COC(=O)CCCCCCCCCCCCCCCSSCCCNc1ccc2nc(C3=N[C@@H](C(=O)O)CS3)sc2c1)OC(=O)CCCCCCCCCCCCCCC. The number of thiazole rings is 1. The third-order valence-electron chi connectivity index (χ3n) is 15.1. The van der Waals surface area contributed by atoms with Crippen LogP contribution in [0, 0.1) is 0 Å². The molecule has 0 aliphatic carbocycles. The van der Waals surface area contributed by atoms with Crippen molar-refractivity contribution in [3.63, 3.8) is 0 Å². The van der Waals surface area contributed by atoms with Gasteiger partial charge in [0.05, 0.1) is 10.2 Å². The van der Waals surface area contributed by atoms with Gasteiger partial charge in [0.1, 0.15) is 23.3 Å². The van der Waals surface area contributed by atoms with E-state index in [0.717, 1.165) is 102 Å². The maximum Gasteiger partial charge on any atom is 0.329 e. The highest BCUT2D eigenvalue weighted by Gasteiger charge is 2.27. The molecule has 1 aliphatic rings. The molecule has 0 spiro atoms. The summed E-state index contributed by atoms with van der Waals surface area (Å²) < 4.78 is 18.0. The summed E-state index contributed by atoms with van der Waals surface area (Å²) in [5.74, 6) is 1.06. The Morgan fingerprint density at radius 3 is 1.38 bits per heavy atom. The summed E-state index contributed by atoms with van der Waals surface area (Å²) in [5.41, 5.74) is 2.01. The molecule has 0 fully saturated rings. The highest BCUT2D eigenvalue weighted by molar-refractivity contribution is 8.76. The number of carbonyl (C=O) groups excluding carboxylic acids is 3. The summed E-state index contributed by atoms with van der Waals surface area (Å²) in [6.07, 6.45) is 49.6. The number of anilines is 1. The van der Waals surface area contributed by atoms with E-state index < -0.39 is 18.1 Å². The second-order valence-electron chi connectivity index (χ2n) is 22.5. The number of nitrogens with one attached hydrogen (secondary N) is 1. The van der Waals surface area contributed by atoms with Crippen LogP contribution in [-0.4, -0.2) is 88.2 Å². The van der Waals surface area contributed by atoms with E-state index in [9.17, 15) is 24.3 Å². The first-order valence-corrected chi connectivity index (χ1v) is 36.9. The molecule has 1 aliphatic heterocycles. The second-order valence-corrected chi connectivity index (χ2v) is 27.3. The number of aromatic nitrogens is 1. The quantitative estimate of drug-likeness (QED) is 0.0280. The van der Waals surface area contributed by atoms with Crippen molar-refractivity contribution >= 4 is 89.5 Å². The summed E-state index contributed by atoms with van der Waals surface area (Å²) in [7, 11) is 3.98. The number of hydrogen-bond donors (Lipinski definition) is 2. The van der Waals surface area contributed by atoms with Crippen LogP contribution in [-0.2, 0) is 33.4 Å². The van der Waals surface area contributed by atoms with Crippen molar-refractivity contribution in [2.75, 3.05) is 42.3 Å². The predicted octanol–water partition coefficient (Wildman–Crippen LogP) is 19.8. The minimum atomic E-state index is -0.879. The van der Waals surface area contributed by atoms with Crippen molar-refractivity contribution in [1.82, 2.24) is 4.98 Å². The van der Waals surface area contributed by atoms with E-state index >= 15 is 0 Å². The van der Waals surface area contributed by atoms with Crippen LogP contribution in [0.3, 0.4) is 0 Å². The van der Waals surface area contributed by atoms with Crippen LogP contribution < -0.4 is 5.32 Å². The number of esters is 3. The lowest BCUT2D eigenvalue weighted by Crippen LogP contribution is -2.30. The van der Waals surface area contributed by atoms with Crippen LogP contribution in [0.1, 0.15) is 295 Å². The third kappa shape index (κ3) is 39.1. The lowest BCUT2D eigenvalue weighted by atomic mass is 10.0. The largest absolute Gasteiger partial charge is 0.480 e. The Hall–Kier alpha value is -2.49. The molecule has 2 heterocycles. The van der Waals surface area contributed by atoms with Crippen LogP contribution in [0.5, 0.6) is 0 Å². The van der Waals surface area contributed by atoms with E-state index in [1.807, 2.05) is 27.7 Å². The summed E-state index contributed by atoms with van der Waals surface area (Å²) in [5, 5.41) is 14.3. The summed E-state index contributed by atoms with van der Waals surface area (Å²) in [6, 6.07) is 5.55. The van der Waals surface area contributed by atoms with Gasteiger partial charge in [-0.15, -0.1) is 23.1 Å². The molecule has 1 unspecified atom stereocenters. The van der Waals surface area contributed by atoms with Crippen LogP contribution in [0.25, 0.3) is 10.2 Å². The number of rotatable bonds is 57. The monoisotopic (exact) mass is 1190 g/mol. The molecule has 0 bridgehead atoms. The zero-order chi connectivity index (χ0) is 57.2. The first-order chi connectivity index (χ1) is 39.3. The second kappa shape index (κ2) is 51.0. The van der Waals surface area contributed by atoms with Crippen molar-refractivity contribution < 1.29 is 38.5 Å². The minimum Gasteiger partial charge on any atom is -0.480 e. The third-order valence-corrected chi connectivity index (χ3v) is 19.8. The highest BCUT2D eigenvalue weighted by Crippen LogP contribution is 2.32. The Balaban J connectivity index is 1.14. The van der Waals surface area contributed by atoms with Crippen LogP contribution in [0.2, 0.25) is 0 Å². The molecule has 1 aromatic carbocycles. The summed E-state index contributed by atoms with van der Waals surface area (Å²) in [6.45, 7) is 5.30. The van der Waals surface area contributed by atoms with Crippen LogP contribution in [0.4, 0.5) is 5.69 Å².